The Morgan fingerprint density at radius 3 is 2.59 bits per heavy atom. The van der Waals surface area contributed by atoms with Gasteiger partial charge in [0.25, 0.3) is 0 Å². The molecule has 1 rings (SSSR count). The number of hydrogen-bond donors (Lipinski definition) is 1. The van der Waals surface area contributed by atoms with Gasteiger partial charge in [0, 0.05) is 19.5 Å². The Kier molecular flexibility index (Phi) is 6.00. The molecule has 0 aliphatic rings. The van der Waals surface area contributed by atoms with Crippen LogP contribution in [-0.2, 0) is 13.5 Å². The maximum atomic E-state index is 6.28. The van der Waals surface area contributed by atoms with E-state index in [1.165, 1.54) is 19.3 Å². The van der Waals surface area contributed by atoms with E-state index in [4.69, 9.17) is 11.6 Å². The van der Waals surface area contributed by atoms with Crippen LogP contribution in [-0.4, -0.2) is 22.4 Å². The minimum atomic E-state index is 0.507. The fourth-order valence-electron chi connectivity index (χ4n) is 2.15. The summed E-state index contributed by atoms with van der Waals surface area (Å²) in [5.74, 6) is 0. The molecule has 1 atom stereocenters. The third-order valence-electron chi connectivity index (χ3n) is 3.10. The van der Waals surface area contributed by atoms with Gasteiger partial charge in [-0.1, -0.05) is 38.3 Å². The first-order valence-electron chi connectivity index (χ1n) is 6.51. The Hall–Kier alpha value is -0.540. The largest absolute Gasteiger partial charge is 0.314 e. The van der Waals surface area contributed by atoms with E-state index in [1.807, 2.05) is 18.7 Å². The van der Waals surface area contributed by atoms with Gasteiger partial charge in [-0.15, -0.1) is 0 Å². The molecule has 4 heteroatoms. The second kappa shape index (κ2) is 7.02. The van der Waals surface area contributed by atoms with Crippen molar-refractivity contribution >= 4 is 11.6 Å². The van der Waals surface area contributed by atoms with Gasteiger partial charge >= 0.3 is 0 Å². The van der Waals surface area contributed by atoms with Crippen molar-refractivity contribution in [2.45, 2.75) is 52.5 Å². The van der Waals surface area contributed by atoms with E-state index in [9.17, 15) is 0 Å². The maximum absolute atomic E-state index is 6.28. The van der Waals surface area contributed by atoms with Crippen LogP contribution >= 0.6 is 11.6 Å². The number of likely N-dealkylation sites (N-methyl/N-ethyl adjacent to an activating group) is 1. The molecule has 17 heavy (non-hydrogen) atoms. The smallest absolute Gasteiger partial charge is 0.0847 e. The molecule has 0 aliphatic carbocycles. The lowest BCUT2D eigenvalue weighted by atomic mass is 10.0. The zero-order chi connectivity index (χ0) is 12.8. The van der Waals surface area contributed by atoms with Gasteiger partial charge in [-0.05, 0) is 19.9 Å². The van der Waals surface area contributed by atoms with E-state index in [2.05, 4.69) is 24.3 Å². The SMILES string of the molecule is CCCCC(Cc1c(Cl)c(C)nn1C)NCC. The highest BCUT2D eigenvalue weighted by atomic mass is 35.5. The Balaban J connectivity index is 2.70. The Morgan fingerprint density at radius 1 is 1.41 bits per heavy atom. The number of nitrogens with zero attached hydrogens (tertiary/aromatic N) is 2. The quantitative estimate of drug-likeness (QED) is 0.814. The van der Waals surface area contributed by atoms with Crippen molar-refractivity contribution in [2.75, 3.05) is 6.54 Å². The van der Waals surface area contributed by atoms with Crippen molar-refractivity contribution in [1.29, 1.82) is 0 Å². The summed E-state index contributed by atoms with van der Waals surface area (Å²) in [5.41, 5.74) is 2.07. The first kappa shape index (κ1) is 14.5. The minimum absolute atomic E-state index is 0.507. The van der Waals surface area contributed by atoms with E-state index in [-0.39, 0.29) is 0 Å². The third kappa shape index (κ3) is 4.00. The summed E-state index contributed by atoms with van der Waals surface area (Å²) < 4.78 is 1.91. The zero-order valence-electron chi connectivity index (χ0n) is 11.4. The molecule has 1 aromatic heterocycles. The highest BCUT2D eigenvalue weighted by Crippen LogP contribution is 2.21. The summed E-state index contributed by atoms with van der Waals surface area (Å²) >= 11 is 6.28. The van der Waals surface area contributed by atoms with E-state index in [0.717, 1.165) is 29.4 Å². The molecule has 1 heterocycles. The van der Waals surface area contributed by atoms with Crippen molar-refractivity contribution in [1.82, 2.24) is 15.1 Å². The predicted molar refractivity (Wildman–Crippen MR) is 73.6 cm³/mol. The molecular weight excluding hydrogens is 234 g/mol. The molecule has 1 N–H and O–H groups in total. The second-order valence-corrected chi connectivity index (χ2v) is 4.95. The van der Waals surface area contributed by atoms with E-state index < -0.39 is 0 Å². The molecule has 98 valence electrons. The molecule has 1 aromatic rings. The molecule has 0 saturated carbocycles. The monoisotopic (exact) mass is 257 g/mol. The molecular formula is C13H24ClN3. The summed E-state index contributed by atoms with van der Waals surface area (Å²) in [6, 6.07) is 0.507. The van der Waals surface area contributed by atoms with Gasteiger partial charge in [0.2, 0.25) is 0 Å². The first-order valence-corrected chi connectivity index (χ1v) is 6.89. The van der Waals surface area contributed by atoms with Crippen LogP contribution in [0.15, 0.2) is 0 Å². The number of halogens is 1. The van der Waals surface area contributed by atoms with Crippen LogP contribution in [0, 0.1) is 6.92 Å². The standard InChI is InChI=1S/C13H24ClN3/c1-5-7-8-11(15-6-2)9-12-13(14)10(3)16-17(12)4/h11,15H,5-9H2,1-4H3. The first-order chi connectivity index (χ1) is 8.10. The van der Waals surface area contributed by atoms with Gasteiger partial charge in [-0.25, -0.2) is 0 Å². The van der Waals surface area contributed by atoms with Crippen molar-refractivity contribution in [3.05, 3.63) is 16.4 Å². The van der Waals surface area contributed by atoms with Crippen molar-refractivity contribution in [3.8, 4) is 0 Å². The predicted octanol–water partition coefficient (Wildman–Crippen LogP) is 3.09. The lowest BCUT2D eigenvalue weighted by Crippen LogP contribution is -2.31. The fraction of sp³-hybridized carbons (Fsp3) is 0.769. The highest BCUT2D eigenvalue weighted by molar-refractivity contribution is 6.31. The molecule has 0 bridgehead atoms. The normalized spacial score (nSPS) is 13.0. The van der Waals surface area contributed by atoms with E-state index in [0.29, 0.717) is 6.04 Å². The number of hydrogen-bond acceptors (Lipinski definition) is 2. The number of aromatic nitrogens is 2. The number of rotatable bonds is 7. The van der Waals surface area contributed by atoms with Crippen molar-refractivity contribution in [2.24, 2.45) is 7.05 Å². The molecule has 0 fully saturated rings. The molecule has 0 aliphatic heterocycles. The molecule has 0 saturated heterocycles. The Morgan fingerprint density at radius 2 is 2.12 bits per heavy atom. The van der Waals surface area contributed by atoms with Gasteiger partial charge in [-0.2, -0.15) is 5.10 Å². The molecule has 3 nitrogen and oxygen atoms in total. The molecule has 0 amide bonds. The Bertz CT molecular complexity index is 347. The fourth-order valence-corrected chi connectivity index (χ4v) is 2.39. The number of nitrogens with one attached hydrogen (secondary N) is 1. The topological polar surface area (TPSA) is 29.9 Å². The van der Waals surface area contributed by atoms with Crippen LogP contribution in [0.1, 0.15) is 44.5 Å². The van der Waals surface area contributed by atoms with Gasteiger partial charge in [0.15, 0.2) is 0 Å². The molecule has 0 aromatic carbocycles. The summed E-state index contributed by atoms with van der Waals surface area (Å²) in [6.45, 7) is 7.34. The summed E-state index contributed by atoms with van der Waals surface area (Å²) in [4.78, 5) is 0. The highest BCUT2D eigenvalue weighted by Gasteiger charge is 2.16. The van der Waals surface area contributed by atoms with Crippen LogP contribution in [0.25, 0.3) is 0 Å². The minimum Gasteiger partial charge on any atom is -0.314 e. The van der Waals surface area contributed by atoms with Crippen LogP contribution in [0.3, 0.4) is 0 Å². The average Bonchev–Trinajstić information content (AvgIpc) is 2.53. The van der Waals surface area contributed by atoms with E-state index in [1.54, 1.807) is 0 Å². The van der Waals surface area contributed by atoms with Gasteiger partial charge in [0.1, 0.15) is 0 Å². The van der Waals surface area contributed by atoms with E-state index >= 15 is 0 Å². The lowest BCUT2D eigenvalue weighted by Gasteiger charge is -2.17. The summed E-state index contributed by atoms with van der Waals surface area (Å²) in [6.07, 6.45) is 4.65. The van der Waals surface area contributed by atoms with Crippen LogP contribution in [0.5, 0.6) is 0 Å². The third-order valence-corrected chi connectivity index (χ3v) is 3.59. The molecule has 0 radical (unpaired) electrons. The number of aryl methyl sites for hydroxylation is 2. The van der Waals surface area contributed by atoms with Gasteiger partial charge in [-0.3, -0.25) is 4.68 Å². The maximum Gasteiger partial charge on any atom is 0.0847 e. The van der Waals surface area contributed by atoms with Crippen molar-refractivity contribution < 1.29 is 0 Å². The van der Waals surface area contributed by atoms with Gasteiger partial charge in [0.05, 0.1) is 16.4 Å². The van der Waals surface area contributed by atoms with Crippen LogP contribution in [0.4, 0.5) is 0 Å². The van der Waals surface area contributed by atoms with Gasteiger partial charge < -0.3 is 5.32 Å². The van der Waals surface area contributed by atoms with Crippen LogP contribution in [0.2, 0.25) is 5.02 Å². The zero-order valence-corrected chi connectivity index (χ0v) is 12.1. The number of unbranched alkanes of at least 4 members (excludes halogenated alkanes) is 1. The second-order valence-electron chi connectivity index (χ2n) is 4.57. The molecule has 0 spiro atoms. The summed E-state index contributed by atoms with van der Waals surface area (Å²) in [7, 11) is 1.97. The van der Waals surface area contributed by atoms with Crippen LogP contribution < -0.4 is 5.32 Å². The average molecular weight is 258 g/mol. The summed E-state index contributed by atoms with van der Waals surface area (Å²) in [5, 5.41) is 8.72. The molecule has 1 unspecified atom stereocenters. The Labute approximate surface area is 110 Å². The lowest BCUT2D eigenvalue weighted by molar-refractivity contribution is 0.462. The van der Waals surface area contributed by atoms with Crippen molar-refractivity contribution in [3.63, 3.8) is 0 Å².